The minimum atomic E-state index is -0.0430. The molecule has 3 nitrogen and oxygen atoms in total. The Kier molecular flexibility index (Phi) is 4.38. The third kappa shape index (κ3) is 3.17. The number of halogens is 1. The van der Waals surface area contributed by atoms with E-state index in [9.17, 15) is 4.79 Å². The van der Waals surface area contributed by atoms with Crippen molar-refractivity contribution in [3.63, 3.8) is 0 Å². The highest BCUT2D eigenvalue weighted by atomic mass is 35.5. The van der Waals surface area contributed by atoms with Crippen LogP contribution in [0, 0.1) is 0 Å². The summed E-state index contributed by atoms with van der Waals surface area (Å²) in [6, 6.07) is 22.6. The first kappa shape index (κ1) is 16.3. The normalized spacial score (nSPS) is 11.3. The minimum absolute atomic E-state index is 0.0430. The van der Waals surface area contributed by atoms with Crippen molar-refractivity contribution in [1.29, 1.82) is 0 Å². The van der Waals surface area contributed by atoms with Crippen molar-refractivity contribution in [2.45, 2.75) is 0 Å². The Bertz CT molecular complexity index is 1100. The molecule has 2 aromatic heterocycles. The number of allylic oxidation sites excluding steroid dienone is 1. The zero-order chi connectivity index (χ0) is 17.9. The zero-order valence-corrected chi connectivity index (χ0v) is 14.6. The van der Waals surface area contributed by atoms with Crippen LogP contribution in [0.2, 0.25) is 5.02 Å². The molecule has 2 aromatic carbocycles. The van der Waals surface area contributed by atoms with Crippen LogP contribution >= 0.6 is 11.6 Å². The van der Waals surface area contributed by atoms with Crippen LogP contribution in [0.4, 0.5) is 0 Å². The number of pyridine rings is 1. The fourth-order valence-corrected chi connectivity index (χ4v) is 2.97. The summed E-state index contributed by atoms with van der Waals surface area (Å²) in [5.74, 6) is -0.0430. The van der Waals surface area contributed by atoms with E-state index >= 15 is 0 Å². The Morgan fingerprint density at radius 1 is 0.923 bits per heavy atom. The van der Waals surface area contributed by atoms with Gasteiger partial charge in [-0.3, -0.25) is 9.20 Å². The Hall–Kier alpha value is -3.17. The highest BCUT2D eigenvalue weighted by Crippen LogP contribution is 2.27. The number of carbonyl (C=O) groups is 1. The molecule has 0 radical (unpaired) electrons. The van der Waals surface area contributed by atoms with Gasteiger partial charge in [0.15, 0.2) is 5.78 Å². The molecule has 0 spiro atoms. The van der Waals surface area contributed by atoms with Gasteiger partial charge in [-0.05, 0) is 36.4 Å². The van der Waals surface area contributed by atoms with Crippen LogP contribution in [-0.4, -0.2) is 15.2 Å². The van der Waals surface area contributed by atoms with E-state index in [-0.39, 0.29) is 5.78 Å². The molecule has 26 heavy (non-hydrogen) atoms. The number of rotatable bonds is 4. The second kappa shape index (κ2) is 6.98. The summed E-state index contributed by atoms with van der Waals surface area (Å²) >= 11 is 6.00. The maximum Gasteiger partial charge on any atom is 0.185 e. The minimum Gasteiger partial charge on any atom is -0.300 e. The van der Waals surface area contributed by atoms with Gasteiger partial charge in [-0.1, -0.05) is 60.1 Å². The fourth-order valence-electron chi connectivity index (χ4n) is 2.85. The molecule has 4 heteroatoms. The predicted octanol–water partition coefficient (Wildman–Crippen LogP) is 5.55. The molecule has 126 valence electrons. The van der Waals surface area contributed by atoms with Crippen LogP contribution in [0.1, 0.15) is 16.1 Å². The molecule has 4 rings (SSSR count). The third-order valence-electron chi connectivity index (χ3n) is 4.14. The molecular weight excluding hydrogens is 344 g/mol. The van der Waals surface area contributed by atoms with Gasteiger partial charge in [-0.25, -0.2) is 4.98 Å². The Labute approximate surface area is 156 Å². The van der Waals surface area contributed by atoms with Gasteiger partial charge < -0.3 is 0 Å². The van der Waals surface area contributed by atoms with E-state index in [2.05, 4.69) is 0 Å². The lowest BCUT2D eigenvalue weighted by atomic mass is 10.1. The zero-order valence-electron chi connectivity index (χ0n) is 13.8. The average Bonchev–Trinajstić information content (AvgIpc) is 3.06. The molecule has 0 atom stereocenters. The molecule has 4 aromatic rings. The van der Waals surface area contributed by atoms with Gasteiger partial charge in [0.05, 0.1) is 11.4 Å². The molecule has 0 aliphatic carbocycles. The summed E-state index contributed by atoms with van der Waals surface area (Å²) in [5, 5.41) is 0.675. The van der Waals surface area contributed by atoms with Crippen molar-refractivity contribution in [2.24, 2.45) is 0 Å². The SMILES string of the molecule is O=C(/C=C/c1c(-c2ccc(Cl)cc2)nc2ccccn12)c1ccccc1. The van der Waals surface area contributed by atoms with Crippen LogP contribution in [-0.2, 0) is 0 Å². The van der Waals surface area contributed by atoms with E-state index in [4.69, 9.17) is 16.6 Å². The lowest BCUT2D eigenvalue weighted by Crippen LogP contribution is -1.94. The Morgan fingerprint density at radius 3 is 2.42 bits per heavy atom. The summed E-state index contributed by atoms with van der Waals surface area (Å²) in [6.45, 7) is 0. The lowest BCUT2D eigenvalue weighted by molar-refractivity contribution is 0.104. The molecule has 0 saturated carbocycles. The second-order valence-corrected chi connectivity index (χ2v) is 6.28. The largest absolute Gasteiger partial charge is 0.300 e. The van der Waals surface area contributed by atoms with Crippen molar-refractivity contribution in [2.75, 3.05) is 0 Å². The van der Waals surface area contributed by atoms with Gasteiger partial charge in [-0.15, -0.1) is 0 Å². The smallest absolute Gasteiger partial charge is 0.185 e. The molecule has 0 amide bonds. The van der Waals surface area contributed by atoms with E-state index in [1.54, 1.807) is 18.2 Å². The fraction of sp³-hybridized carbons (Fsp3) is 0. The summed E-state index contributed by atoms with van der Waals surface area (Å²) < 4.78 is 1.97. The molecule has 2 heterocycles. The van der Waals surface area contributed by atoms with Crippen molar-refractivity contribution in [3.05, 3.63) is 101 Å². The van der Waals surface area contributed by atoms with Gasteiger partial charge in [0, 0.05) is 22.3 Å². The quantitative estimate of drug-likeness (QED) is 0.354. The van der Waals surface area contributed by atoms with Crippen molar-refractivity contribution < 1.29 is 4.79 Å². The number of carbonyl (C=O) groups excluding carboxylic acids is 1. The third-order valence-corrected chi connectivity index (χ3v) is 4.39. The number of benzene rings is 2. The first-order chi connectivity index (χ1) is 12.7. The van der Waals surface area contributed by atoms with Crippen molar-refractivity contribution in [3.8, 4) is 11.3 Å². The molecule has 0 N–H and O–H groups in total. The Morgan fingerprint density at radius 2 is 1.65 bits per heavy atom. The predicted molar refractivity (Wildman–Crippen MR) is 105 cm³/mol. The van der Waals surface area contributed by atoms with E-state index in [1.165, 1.54) is 0 Å². The number of fused-ring (bicyclic) bond motifs is 1. The first-order valence-corrected chi connectivity index (χ1v) is 8.61. The standard InChI is InChI=1S/C22H15ClN2O/c23-18-11-9-17(10-12-18)22-19(25-15-5-4-8-21(25)24-22)13-14-20(26)16-6-2-1-3-7-16/h1-15H/b14-13+. The molecule has 0 bridgehead atoms. The van der Waals surface area contributed by atoms with E-state index in [1.807, 2.05) is 77.3 Å². The van der Waals surface area contributed by atoms with Crippen LogP contribution in [0.15, 0.2) is 85.1 Å². The summed E-state index contributed by atoms with van der Waals surface area (Å²) in [6.07, 6.45) is 5.35. The number of aromatic nitrogens is 2. The maximum absolute atomic E-state index is 12.4. The van der Waals surface area contributed by atoms with Gasteiger partial charge >= 0.3 is 0 Å². The second-order valence-electron chi connectivity index (χ2n) is 5.84. The highest BCUT2D eigenvalue weighted by Gasteiger charge is 2.12. The van der Waals surface area contributed by atoms with Crippen LogP contribution < -0.4 is 0 Å². The topological polar surface area (TPSA) is 34.4 Å². The molecule has 0 unspecified atom stereocenters. The number of imidazole rings is 1. The van der Waals surface area contributed by atoms with Crippen LogP contribution in [0.3, 0.4) is 0 Å². The van der Waals surface area contributed by atoms with Crippen LogP contribution in [0.5, 0.6) is 0 Å². The average molecular weight is 359 g/mol. The summed E-state index contributed by atoms with van der Waals surface area (Å²) in [4.78, 5) is 17.2. The summed E-state index contributed by atoms with van der Waals surface area (Å²) in [7, 11) is 0. The summed E-state index contributed by atoms with van der Waals surface area (Å²) in [5.41, 5.74) is 4.09. The Balaban J connectivity index is 1.80. The number of ketones is 1. The number of nitrogens with zero attached hydrogens (tertiary/aromatic N) is 2. The number of hydrogen-bond donors (Lipinski definition) is 0. The molecule has 0 aliphatic rings. The van der Waals surface area contributed by atoms with Crippen molar-refractivity contribution in [1.82, 2.24) is 9.38 Å². The van der Waals surface area contributed by atoms with Gasteiger partial charge in [0.25, 0.3) is 0 Å². The molecule has 0 fully saturated rings. The number of hydrogen-bond acceptors (Lipinski definition) is 2. The van der Waals surface area contributed by atoms with Crippen molar-refractivity contribution >= 4 is 29.1 Å². The maximum atomic E-state index is 12.4. The van der Waals surface area contributed by atoms with Gasteiger partial charge in [0.2, 0.25) is 0 Å². The lowest BCUT2D eigenvalue weighted by Gasteiger charge is -2.01. The first-order valence-electron chi connectivity index (χ1n) is 8.23. The highest BCUT2D eigenvalue weighted by molar-refractivity contribution is 6.30. The molecule has 0 saturated heterocycles. The molecule has 0 aliphatic heterocycles. The molecular formula is C22H15ClN2O. The van der Waals surface area contributed by atoms with E-state index in [0.29, 0.717) is 10.6 Å². The van der Waals surface area contributed by atoms with Gasteiger partial charge in [-0.2, -0.15) is 0 Å². The van der Waals surface area contributed by atoms with E-state index in [0.717, 1.165) is 22.6 Å². The monoisotopic (exact) mass is 358 g/mol. The van der Waals surface area contributed by atoms with Crippen LogP contribution in [0.25, 0.3) is 23.0 Å². The van der Waals surface area contributed by atoms with E-state index < -0.39 is 0 Å². The van der Waals surface area contributed by atoms with Gasteiger partial charge in [0.1, 0.15) is 5.65 Å².